The fourth-order valence-corrected chi connectivity index (χ4v) is 1.51. The molecule has 1 N–H and O–H groups in total. The molecular weight excluding hydrogens is 220 g/mol. The molecule has 1 saturated heterocycles. The Morgan fingerprint density at radius 2 is 1.88 bits per heavy atom. The summed E-state index contributed by atoms with van der Waals surface area (Å²) >= 11 is 0. The molecule has 0 unspecified atom stereocenters. The molecule has 17 heavy (non-hydrogen) atoms. The summed E-state index contributed by atoms with van der Waals surface area (Å²) in [6.07, 6.45) is 2.93. The Morgan fingerprint density at radius 1 is 1.35 bits per heavy atom. The summed E-state index contributed by atoms with van der Waals surface area (Å²) in [7, 11) is 5.11. The van der Waals surface area contributed by atoms with E-state index in [1.807, 2.05) is 0 Å². The molecule has 0 spiro atoms. The summed E-state index contributed by atoms with van der Waals surface area (Å²) in [6.45, 7) is 3.31. The average Bonchev–Trinajstić information content (AvgIpc) is 2.37. The van der Waals surface area contributed by atoms with Gasteiger partial charge < -0.3 is 14.9 Å². The number of aliphatic hydroxyl groups excluding tert-OH is 1. The number of aliphatic hydroxyl groups is 1. The first kappa shape index (κ1) is 13.3. The van der Waals surface area contributed by atoms with Crippen molar-refractivity contribution in [2.45, 2.75) is 19.4 Å². The van der Waals surface area contributed by atoms with Gasteiger partial charge in [-0.05, 0) is 19.9 Å². The molecule has 0 aromatic heterocycles. The third-order valence-corrected chi connectivity index (χ3v) is 2.93. The van der Waals surface area contributed by atoms with Gasteiger partial charge in [-0.3, -0.25) is 9.59 Å². The highest BCUT2D eigenvalue weighted by atomic mass is 16.3. The monoisotopic (exact) mass is 238 g/mol. The predicted molar refractivity (Wildman–Crippen MR) is 64.3 cm³/mol. The Balaban J connectivity index is 3.19. The number of carbonyl (C=O) groups excluding carboxylic acids is 2. The minimum atomic E-state index is -0.896. The van der Waals surface area contributed by atoms with Gasteiger partial charge in [0.05, 0.1) is 0 Å². The van der Waals surface area contributed by atoms with E-state index < -0.39 is 11.4 Å². The Morgan fingerprint density at radius 3 is 2.24 bits per heavy atom. The van der Waals surface area contributed by atoms with E-state index in [-0.39, 0.29) is 17.1 Å². The third-order valence-electron chi connectivity index (χ3n) is 2.93. The lowest BCUT2D eigenvalue weighted by Gasteiger charge is -2.24. The lowest BCUT2D eigenvalue weighted by atomic mass is 9.97. The summed E-state index contributed by atoms with van der Waals surface area (Å²) in [6, 6.07) is 0. The van der Waals surface area contributed by atoms with Gasteiger partial charge in [-0.15, -0.1) is 0 Å². The number of rotatable bonds is 2. The fourth-order valence-electron chi connectivity index (χ4n) is 1.51. The van der Waals surface area contributed by atoms with Gasteiger partial charge in [-0.1, -0.05) is 0 Å². The molecule has 5 heteroatoms. The van der Waals surface area contributed by atoms with Crippen molar-refractivity contribution < 1.29 is 14.7 Å². The molecule has 94 valence electrons. The number of likely N-dealkylation sites (N-methyl/N-ethyl adjacent to an activating group) is 1. The smallest absolute Gasteiger partial charge is 0.261 e. The van der Waals surface area contributed by atoms with Crippen molar-refractivity contribution in [2.24, 2.45) is 0 Å². The first-order chi connectivity index (χ1) is 7.69. The van der Waals surface area contributed by atoms with E-state index in [1.165, 1.54) is 11.0 Å². The fraction of sp³-hybridized carbons (Fsp3) is 0.500. The molecule has 1 heterocycles. The van der Waals surface area contributed by atoms with Crippen LogP contribution in [-0.4, -0.2) is 53.3 Å². The summed E-state index contributed by atoms with van der Waals surface area (Å²) in [5.41, 5.74) is -1.04. The molecule has 1 fully saturated rings. The first-order valence-corrected chi connectivity index (χ1v) is 5.30. The van der Waals surface area contributed by atoms with Gasteiger partial charge in [-0.2, -0.15) is 0 Å². The van der Waals surface area contributed by atoms with Crippen molar-refractivity contribution in [3.63, 3.8) is 0 Å². The third kappa shape index (κ3) is 2.18. The molecular formula is C12H18N2O3. The lowest BCUT2D eigenvalue weighted by molar-refractivity contribution is -0.128. The van der Waals surface area contributed by atoms with Gasteiger partial charge in [0.25, 0.3) is 5.91 Å². The SMILES string of the molecule is CN(C)/C=C/C(O)=C1/C(=O)N(C)C(C)(C)C1=O. The maximum Gasteiger partial charge on any atom is 0.261 e. The number of Topliss-reactive ketones (excluding diaryl/α,β-unsaturated/α-hetero) is 1. The number of nitrogens with zero attached hydrogens (tertiary/aromatic N) is 2. The number of ketones is 1. The molecule has 0 aromatic carbocycles. The van der Waals surface area contributed by atoms with E-state index in [2.05, 4.69) is 0 Å². The van der Waals surface area contributed by atoms with Crippen LogP contribution in [0.15, 0.2) is 23.6 Å². The summed E-state index contributed by atoms with van der Waals surface area (Å²) in [4.78, 5) is 26.9. The Labute approximate surface area is 101 Å². The number of likely N-dealkylation sites (tertiary alicyclic amines) is 1. The van der Waals surface area contributed by atoms with Gasteiger partial charge in [0, 0.05) is 27.3 Å². The summed E-state index contributed by atoms with van der Waals surface area (Å²) < 4.78 is 0. The van der Waals surface area contributed by atoms with E-state index in [0.717, 1.165) is 0 Å². The van der Waals surface area contributed by atoms with Crippen LogP contribution in [0.1, 0.15) is 13.8 Å². The van der Waals surface area contributed by atoms with E-state index >= 15 is 0 Å². The Bertz CT molecular complexity index is 419. The Hall–Kier alpha value is -1.78. The molecule has 0 saturated carbocycles. The predicted octanol–water partition coefficient (Wildman–Crippen LogP) is 0.693. The zero-order chi connectivity index (χ0) is 13.4. The first-order valence-electron chi connectivity index (χ1n) is 5.30. The molecule has 0 aliphatic carbocycles. The highest BCUT2D eigenvalue weighted by Crippen LogP contribution is 2.29. The molecule has 0 aromatic rings. The van der Waals surface area contributed by atoms with E-state index in [0.29, 0.717) is 0 Å². The van der Waals surface area contributed by atoms with Gasteiger partial charge in [-0.25, -0.2) is 0 Å². The molecule has 5 nitrogen and oxygen atoms in total. The van der Waals surface area contributed by atoms with Crippen molar-refractivity contribution in [3.05, 3.63) is 23.6 Å². The van der Waals surface area contributed by atoms with Crippen LogP contribution >= 0.6 is 0 Å². The molecule has 0 radical (unpaired) electrons. The molecule has 0 atom stereocenters. The molecule has 0 bridgehead atoms. The van der Waals surface area contributed by atoms with Gasteiger partial charge in [0.15, 0.2) is 5.78 Å². The van der Waals surface area contributed by atoms with Crippen LogP contribution in [0.3, 0.4) is 0 Å². The number of amides is 1. The second kappa shape index (κ2) is 4.24. The van der Waals surface area contributed by atoms with Crippen LogP contribution in [-0.2, 0) is 9.59 Å². The second-order valence-electron chi connectivity index (χ2n) is 4.79. The zero-order valence-electron chi connectivity index (χ0n) is 10.8. The van der Waals surface area contributed by atoms with Crippen LogP contribution in [0.25, 0.3) is 0 Å². The van der Waals surface area contributed by atoms with Crippen LogP contribution in [0, 0.1) is 0 Å². The zero-order valence-corrected chi connectivity index (χ0v) is 10.8. The highest BCUT2D eigenvalue weighted by molar-refractivity contribution is 6.28. The van der Waals surface area contributed by atoms with Crippen molar-refractivity contribution in [3.8, 4) is 0 Å². The quantitative estimate of drug-likeness (QED) is 0.437. The minimum absolute atomic E-state index is 0.143. The topological polar surface area (TPSA) is 60.9 Å². The van der Waals surface area contributed by atoms with Crippen LogP contribution in [0.5, 0.6) is 0 Å². The molecule has 1 aliphatic rings. The maximum atomic E-state index is 12.0. The van der Waals surface area contributed by atoms with E-state index in [9.17, 15) is 14.7 Å². The highest BCUT2D eigenvalue weighted by Gasteiger charge is 2.48. The van der Waals surface area contributed by atoms with Crippen LogP contribution in [0.4, 0.5) is 0 Å². The van der Waals surface area contributed by atoms with Crippen LogP contribution in [0.2, 0.25) is 0 Å². The molecule has 1 rings (SSSR count). The van der Waals surface area contributed by atoms with Gasteiger partial charge >= 0.3 is 0 Å². The van der Waals surface area contributed by atoms with Crippen molar-refractivity contribution >= 4 is 11.7 Å². The van der Waals surface area contributed by atoms with Crippen molar-refractivity contribution in [1.29, 1.82) is 0 Å². The number of hydrogen-bond donors (Lipinski definition) is 1. The standard InChI is InChI=1S/C12H18N2O3/c1-12(2)10(16)9(11(17)14(12)5)8(15)6-7-13(3)4/h6-7,15H,1-5H3/b7-6+,9-8-. The minimum Gasteiger partial charge on any atom is -0.507 e. The number of carbonyl (C=O) groups is 2. The largest absolute Gasteiger partial charge is 0.507 e. The average molecular weight is 238 g/mol. The van der Waals surface area contributed by atoms with E-state index in [4.69, 9.17) is 0 Å². The molecule has 1 amide bonds. The van der Waals surface area contributed by atoms with Gasteiger partial charge in [0.2, 0.25) is 0 Å². The van der Waals surface area contributed by atoms with Crippen molar-refractivity contribution in [2.75, 3.05) is 21.1 Å². The summed E-state index contributed by atoms with van der Waals surface area (Å²) in [5, 5.41) is 9.79. The summed E-state index contributed by atoms with van der Waals surface area (Å²) in [5.74, 6) is -1.09. The number of hydrogen-bond acceptors (Lipinski definition) is 4. The lowest BCUT2D eigenvalue weighted by Crippen LogP contribution is -2.41. The molecule has 1 aliphatic heterocycles. The van der Waals surface area contributed by atoms with Crippen LogP contribution < -0.4 is 0 Å². The second-order valence-corrected chi connectivity index (χ2v) is 4.79. The number of allylic oxidation sites excluding steroid dienone is 1. The Kier molecular flexibility index (Phi) is 3.31. The normalized spacial score (nSPS) is 22.5. The van der Waals surface area contributed by atoms with Crippen molar-refractivity contribution in [1.82, 2.24) is 9.80 Å². The van der Waals surface area contributed by atoms with Gasteiger partial charge in [0.1, 0.15) is 16.9 Å². The maximum absolute atomic E-state index is 12.0. The van der Waals surface area contributed by atoms with E-state index in [1.54, 1.807) is 46.1 Å².